The Bertz CT molecular complexity index is 942. The standard InChI is InChI=1S/C18H17ClN2O2S2/c1-14-17(19)6-4-7-18(14)25(22,23)21(11-15-8-10-24-13-15)12-16-5-2-3-9-20-16/h2-10,13H,11-12H2,1H3. The maximum absolute atomic E-state index is 13.3. The molecule has 0 atom stereocenters. The molecule has 0 fully saturated rings. The number of hydrogen-bond donors (Lipinski definition) is 0. The van der Waals surface area contributed by atoms with Gasteiger partial charge >= 0.3 is 0 Å². The van der Waals surface area contributed by atoms with Crippen LogP contribution in [0.2, 0.25) is 5.02 Å². The first-order chi connectivity index (χ1) is 12.0. The van der Waals surface area contributed by atoms with Gasteiger partial charge in [-0.1, -0.05) is 23.7 Å². The first-order valence-electron chi connectivity index (χ1n) is 7.65. The minimum Gasteiger partial charge on any atom is -0.260 e. The fraction of sp³-hybridized carbons (Fsp3) is 0.167. The highest BCUT2D eigenvalue weighted by Gasteiger charge is 2.27. The normalized spacial score (nSPS) is 11.8. The van der Waals surface area contributed by atoms with Crippen LogP contribution >= 0.6 is 22.9 Å². The Morgan fingerprint density at radius 1 is 1.12 bits per heavy atom. The summed E-state index contributed by atoms with van der Waals surface area (Å²) in [5.74, 6) is 0. The number of nitrogens with zero attached hydrogens (tertiary/aromatic N) is 2. The first-order valence-corrected chi connectivity index (χ1v) is 10.4. The molecule has 0 aliphatic heterocycles. The molecule has 0 bridgehead atoms. The van der Waals surface area contributed by atoms with Gasteiger partial charge in [-0.2, -0.15) is 15.6 Å². The monoisotopic (exact) mass is 392 g/mol. The third-order valence-corrected chi connectivity index (χ3v) is 6.92. The summed E-state index contributed by atoms with van der Waals surface area (Å²) in [7, 11) is -3.72. The van der Waals surface area contributed by atoms with E-state index in [0.29, 0.717) is 16.3 Å². The van der Waals surface area contributed by atoms with E-state index in [-0.39, 0.29) is 18.0 Å². The molecule has 0 aliphatic rings. The van der Waals surface area contributed by atoms with Gasteiger partial charge < -0.3 is 0 Å². The van der Waals surface area contributed by atoms with Gasteiger partial charge in [-0.15, -0.1) is 0 Å². The van der Waals surface area contributed by atoms with Gasteiger partial charge in [0.15, 0.2) is 0 Å². The first kappa shape index (κ1) is 18.1. The van der Waals surface area contributed by atoms with Crippen LogP contribution in [0.4, 0.5) is 0 Å². The predicted octanol–water partition coefficient (Wildman–Crippen LogP) is 4.50. The summed E-state index contributed by atoms with van der Waals surface area (Å²) in [6, 6.07) is 12.3. The third kappa shape index (κ3) is 4.10. The van der Waals surface area contributed by atoms with E-state index in [1.807, 2.05) is 35.0 Å². The molecule has 2 aromatic heterocycles. The summed E-state index contributed by atoms with van der Waals surface area (Å²) in [4.78, 5) is 4.49. The summed E-state index contributed by atoms with van der Waals surface area (Å²) >= 11 is 7.68. The SMILES string of the molecule is Cc1c(Cl)cccc1S(=O)(=O)N(Cc1ccsc1)Cc1ccccn1. The summed E-state index contributed by atoms with van der Waals surface area (Å²) in [6.45, 7) is 2.21. The fourth-order valence-corrected chi connectivity index (χ4v) is 5.03. The molecule has 130 valence electrons. The Balaban J connectivity index is 2.01. The number of hydrogen-bond acceptors (Lipinski definition) is 4. The minimum absolute atomic E-state index is 0.199. The van der Waals surface area contributed by atoms with Gasteiger partial charge in [0, 0.05) is 17.8 Å². The lowest BCUT2D eigenvalue weighted by atomic mass is 10.2. The lowest BCUT2D eigenvalue weighted by Crippen LogP contribution is -2.31. The molecule has 1 aromatic carbocycles. The van der Waals surface area contributed by atoms with Crippen molar-refractivity contribution in [3.8, 4) is 0 Å². The van der Waals surface area contributed by atoms with Crippen LogP contribution in [0.15, 0.2) is 64.3 Å². The van der Waals surface area contributed by atoms with E-state index in [0.717, 1.165) is 5.56 Å². The topological polar surface area (TPSA) is 50.3 Å². The molecular weight excluding hydrogens is 376 g/mol. The molecule has 0 aliphatic carbocycles. The van der Waals surface area contributed by atoms with Crippen LogP contribution in [0, 0.1) is 6.92 Å². The molecule has 0 N–H and O–H groups in total. The van der Waals surface area contributed by atoms with Crippen molar-refractivity contribution < 1.29 is 8.42 Å². The lowest BCUT2D eigenvalue weighted by Gasteiger charge is -2.23. The molecule has 0 radical (unpaired) electrons. The second-order valence-corrected chi connectivity index (χ2v) is 8.68. The number of sulfonamides is 1. The lowest BCUT2D eigenvalue weighted by molar-refractivity contribution is 0.397. The van der Waals surface area contributed by atoms with Crippen molar-refractivity contribution in [1.82, 2.24) is 9.29 Å². The molecule has 7 heteroatoms. The zero-order valence-electron chi connectivity index (χ0n) is 13.6. The highest BCUT2D eigenvalue weighted by molar-refractivity contribution is 7.89. The van der Waals surface area contributed by atoms with E-state index < -0.39 is 10.0 Å². The van der Waals surface area contributed by atoms with Gasteiger partial charge in [-0.05, 0) is 59.1 Å². The van der Waals surface area contributed by atoms with Crippen LogP contribution in [0.5, 0.6) is 0 Å². The van der Waals surface area contributed by atoms with Crippen molar-refractivity contribution in [2.24, 2.45) is 0 Å². The molecule has 0 amide bonds. The van der Waals surface area contributed by atoms with Crippen LogP contribution < -0.4 is 0 Å². The fourth-order valence-electron chi connectivity index (χ4n) is 2.49. The third-order valence-electron chi connectivity index (χ3n) is 3.84. The second-order valence-electron chi connectivity index (χ2n) is 5.59. The number of halogens is 1. The summed E-state index contributed by atoms with van der Waals surface area (Å²) in [5.41, 5.74) is 2.20. The van der Waals surface area contributed by atoms with Crippen molar-refractivity contribution in [3.05, 3.63) is 81.3 Å². The Morgan fingerprint density at radius 3 is 2.64 bits per heavy atom. The highest BCUT2D eigenvalue weighted by atomic mass is 35.5. The average Bonchev–Trinajstić information content (AvgIpc) is 3.11. The van der Waals surface area contributed by atoms with Gasteiger partial charge in [0.05, 0.1) is 17.1 Å². The highest BCUT2D eigenvalue weighted by Crippen LogP contribution is 2.27. The number of benzene rings is 1. The van der Waals surface area contributed by atoms with Crippen LogP contribution in [0.1, 0.15) is 16.8 Å². The van der Waals surface area contributed by atoms with Crippen LogP contribution in [0.25, 0.3) is 0 Å². The van der Waals surface area contributed by atoms with E-state index in [4.69, 9.17) is 11.6 Å². The molecule has 0 spiro atoms. The molecule has 2 heterocycles. The molecule has 0 saturated heterocycles. The Labute approximate surface area is 156 Å². The molecular formula is C18H17ClN2O2S2. The van der Waals surface area contributed by atoms with Crippen molar-refractivity contribution in [1.29, 1.82) is 0 Å². The van der Waals surface area contributed by atoms with Crippen molar-refractivity contribution in [3.63, 3.8) is 0 Å². The number of thiophene rings is 1. The summed E-state index contributed by atoms with van der Waals surface area (Å²) in [5, 5.41) is 4.33. The summed E-state index contributed by atoms with van der Waals surface area (Å²) < 4.78 is 28.0. The molecule has 0 unspecified atom stereocenters. The zero-order valence-corrected chi connectivity index (χ0v) is 16.0. The number of aromatic nitrogens is 1. The van der Waals surface area contributed by atoms with E-state index in [2.05, 4.69) is 4.98 Å². The number of rotatable bonds is 6. The average molecular weight is 393 g/mol. The molecule has 3 rings (SSSR count). The van der Waals surface area contributed by atoms with Crippen LogP contribution in [-0.2, 0) is 23.1 Å². The van der Waals surface area contributed by atoms with Gasteiger partial charge in [0.2, 0.25) is 10.0 Å². The smallest absolute Gasteiger partial charge is 0.244 e. The van der Waals surface area contributed by atoms with Crippen LogP contribution in [0.3, 0.4) is 0 Å². The Hall–Kier alpha value is -1.73. The molecule has 3 aromatic rings. The second kappa shape index (κ2) is 7.66. The van der Waals surface area contributed by atoms with E-state index in [1.165, 1.54) is 4.31 Å². The molecule has 4 nitrogen and oxygen atoms in total. The zero-order chi connectivity index (χ0) is 17.9. The maximum Gasteiger partial charge on any atom is 0.244 e. The minimum atomic E-state index is -3.72. The van der Waals surface area contributed by atoms with E-state index >= 15 is 0 Å². The largest absolute Gasteiger partial charge is 0.260 e. The predicted molar refractivity (Wildman–Crippen MR) is 101 cm³/mol. The number of pyridine rings is 1. The molecule has 25 heavy (non-hydrogen) atoms. The van der Waals surface area contributed by atoms with Gasteiger partial charge in [-0.25, -0.2) is 8.42 Å². The Kier molecular flexibility index (Phi) is 5.54. The van der Waals surface area contributed by atoms with E-state index in [9.17, 15) is 8.42 Å². The van der Waals surface area contributed by atoms with Crippen molar-refractivity contribution in [2.75, 3.05) is 0 Å². The maximum atomic E-state index is 13.3. The van der Waals surface area contributed by atoms with Gasteiger partial charge in [-0.3, -0.25) is 4.98 Å². The summed E-state index contributed by atoms with van der Waals surface area (Å²) in [6.07, 6.45) is 1.66. The van der Waals surface area contributed by atoms with E-state index in [1.54, 1.807) is 42.7 Å². The molecule has 0 saturated carbocycles. The van der Waals surface area contributed by atoms with Crippen molar-refractivity contribution in [2.45, 2.75) is 24.9 Å². The quantitative estimate of drug-likeness (QED) is 0.620. The van der Waals surface area contributed by atoms with Gasteiger partial charge in [0.25, 0.3) is 0 Å². The van der Waals surface area contributed by atoms with Crippen molar-refractivity contribution >= 4 is 33.0 Å². The Morgan fingerprint density at radius 2 is 1.96 bits per heavy atom. The van der Waals surface area contributed by atoms with Gasteiger partial charge in [0.1, 0.15) is 0 Å². The van der Waals surface area contributed by atoms with Crippen LogP contribution in [-0.4, -0.2) is 17.7 Å².